The maximum atomic E-state index is 15.5. The first kappa shape index (κ1) is 24.3. The summed E-state index contributed by atoms with van der Waals surface area (Å²) < 4.78 is 26.6. The standard InChI is InChI=1S/C30H33FN2O3/c1-21(32)26-6-4-7-27(29(26)31)24-15-22(18-36-28-8-3-2-5-23(28)19-35-20-34)16-25(17-24)33-13-11-30(9-10-30)12-14-33/h2-8,15-17,20-21H,9-14,18-19,32H2,1H3. The lowest BCUT2D eigenvalue weighted by atomic mass is 9.92. The molecule has 6 heteroatoms. The Morgan fingerprint density at radius 1 is 1.03 bits per heavy atom. The molecule has 0 bridgehead atoms. The normalized spacial score (nSPS) is 17.0. The fraction of sp³-hybridized carbons (Fsp3) is 0.367. The highest BCUT2D eigenvalue weighted by Gasteiger charge is 2.44. The van der Waals surface area contributed by atoms with E-state index in [1.54, 1.807) is 13.0 Å². The fourth-order valence-corrected chi connectivity index (χ4v) is 5.18. The van der Waals surface area contributed by atoms with E-state index in [1.807, 2.05) is 42.5 Å². The minimum absolute atomic E-state index is 0.149. The van der Waals surface area contributed by atoms with Gasteiger partial charge >= 0.3 is 0 Å². The number of para-hydroxylation sites is 1. The van der Waals surface area contributed by atoms with Gasteiger partial charge in [0.2, 0.25) is 0 Å². The highest BCUT2D eigenvalue weighted by molar-refractivity contribution is 5.71. The minimum atomic E-state index is -0.391. The molecule has 1 unspecified atom stereocenters. The lowest BCUT2D eigenvalue weighted by Gasteiger charge is -2.34. The summed E-state index contributed by atoms with van der Waals surface area (Å²) in [5.41, 5.74) is 11.3. The van der Waals surface area contributed by atoms with Crippen LogP contribution in [0.5, 0.6) is 5.75 Å². The zero-order valence-corrected chi connectivity index (χ0v) is 20.7. The molecule has 3 aromatic carbocycles. The van der Waals surface area contributed by atoms with Gasteiger partial charge in [-0.15, -0.1) is 0 Å². The summed E-state index contributed by atoms with van der Waals surface area (Å²) in [6.07, 6.45) is 5.12. The monoisotopic (exact) mass is 488 g/mol. The molecule has 0 amide bonds. The van der Waals surface area contributed by atoms with E-state index in [1.165, 1.54) is 25.7 Å². The Morgan fingerprint density at radius 3 is 2.53 bits per heavy atom. The van der Waals surface area contributed by atoms with E-state index in [-0.39, 0.29) is 12.4 Å². The summed E-state index contributed by atoms with van der Waals surface area (Å²) >= 11 is 0. The van der Waals surface area contributed by atoms with Gasteiger partial charge in [0.25, 0.3) is 6.47 Å². The van der Waals surface area contributed by atoms with Crippen molar-refractivity contribution in [3.05, 3.63) is 83.2 Å². The summed E-state index contributed by atoms with van der Waals surface area (Å²) in [6.45, 7) is 4.71. The van der Waals surface area contributed by atoms with E-state index in [0.717, 1.165) is 35.5 Å². The van der Waals surface area contributed by atoms with Crippen LogP contribution in [0.1, 0.15) is 55.3 Å². The summed E-state index contributed by atoms with van der Waals surface area (Å²) in [7, 11) is 0. The molecule has 1 saturated carbocycles. The highest BCUT2D eigenvalue weighted by Crippen LogP contribution is 2.54. The summed E-state index contributed by atoms with van der Waals surface area (Å²) in [6, 6.07) is 18.8. The quantitative estimate of drug-likeness (QED) is 0.366. The topological polar surface area (TPSA) is 64.8 Å². The third-order valence-electron chi connectivity index (χ3n) is 7.63. The number of anilines is 1. The molecule has 2 aliphatic rings. The largest absolute Gasteiger partial charge is 0.488 e. The van der Waals surface area contributed by atoms with Crippen molar-refractivity contribution in [1.82, 2.24) is 0 Å². The van der Waals surface area contributed by atoms with Crippen molar-refractivity contribution in [2.45, 2.75) is 51.9 Å². The molecule has 0 radical (unpaired) electrons. The van der Waals surface area contributed by atoms with E-state index in [9.17, 15) is 4.79 Å². The number of carbonyl (C=O) groups is 1. The van der Waals surface area contributed by atoms with Gasteiger partial charge in [-0.2, -0.15) is 0 Å². The van der Waals surface area contributed by atoms with Crippen molar-refractivity contribution in [1.29, 1.82) is 0 Å². The number of halogens is 1. The first-order chi connectivity index (χ1) is 17.5. The minimum Gasteiger partial charge on any atom is -0.488 e. The molecule has 1 aliphatic heterocycles. The average Bonchev–Trinajstić information content (AvgIpc) is 3.65. The number of ether oxygens (including phenoxy) is 2. The zero-order valence-electron chi connectivity index (χ0n) is 20.7. The molecule has 1 heterocycles. The van der Waals surface area contributed by atoms with Gasteiger partial charge in [0.05, 0.1) is 0 Å². The maximum absolute atomic E-state index is 15.5. The molecule has 2 fully saturated rings. The number of carbonyl (C=O) groups excluding carboxylic acids is 1. The molecule has 36 heavy (non-hydrogen) atoms. The molecule has 5 rings (SSSR count). The van der Waals surface area contributed by atoms with Gasteiger partial charge < -0.3 is 20.1 Å². The van der Waals surface area contributed by atoms with Crippen LogP contribution in [0.25, 0.3) is 11.1 Å². The van der Waals surface area contributed by atoms with Crippen LogP contribution < -0.4 is 15.4 Å². The van der Waals surface area contributed by atoms with E-state index in [2.05, 4.69) is 17.0 Å². The van der Waals surface area contributed by atoms with Crippen LogP contribution in [-0.2, 0) is 22.7 Å². The first-order valence-electron chi connectivity index (χ1n) is 12.7. The molecule has 2 N–H and O–H groups in total. The molecule has 5 nitrogen and oxygen atoms in total. The Kier molecular flexibility index (Phi) is 6.97. The summed E-state index contributed by atoms with van der Waals surface area (Å²) in [4.78, 5) is 13.1. The Bertz CT molecular complexity index is 1230. The Morgan fingerprint density at radius 2 is 1.81 bits per heavy atom. The number of piperidine rings is 1. The second-order valence-corrected chi connectivity index (χ2v) is 10.2. The highest BCUT2D eigenvalue weighted by atomic mass is 19.1. The fourth-order valence-electron chi connectivity index (χ4n) is 5.18. The smallest absolute Gasteiger partial charge is 0.293 e. The number of benzene rings is 3. The Labute approximate surface area is 212 Å². The number of hydrogen-bond donors (Lipinski definition) is 1. The van der Waals surface area contributed by atoms with Gasteiger partial charge in [-0.3, -0.25) is 4.79 Å². The number of nitrogens with zero attached hydrogens (tertiary/aromatic N) is 1. The third-order valence-corrected chi connectivity index (χ3v) is 7.63. The van der Waals surface area contributed by atoms with E-state index in [4.69, 9.17) is 15.2 Å². The van der Waals surface area contributed by atoms with Gasteiger partial charge in [-0.1, -0.05) is 36.4 Å². The van der Waals surface area contributed by atoms with Crippen molar-refractivity contribution < 1.29 is 18.7 Å². The summed E-state index contributed by atoms with van der Waals surface area (Å²) in [5.74, 6) is 0.383. The predicted octanol–water partition coefficient (Wildman–Crippen LogP) is 6.14. The van der Waals surface area contributed by atoms with Gasteiger partial charge in [0.1, 0.15) is 24.8 Å². The molecule has 188 valence electrons. The van der Waals surface area contributed by atoms with Gasteiger partial charge in [-0.05, 0) is 73.4 Å². The molecule has 1 spiro atoms. The maximum Gasteiger partial charge on any atom is 0.293 e. The predicted molar refractivity (Wildman–Crippen MR) is 139 cm³/mol. The van der Waals surface area contributed by atoms with Crippen LogP contribution >= 0.6 is 0 Å². The second-order valence-electron chi connectivity index (χ2n) is 10.2. The molecular weight excluding hydrogens is 455 g/mol. The second kappa shape index (κ2) is 10.3. The number of nitrogens with two attached hydrogens (primary N) is 1. The van der Waals surface area contributed by atoms with Crippen molar-refractivity contribution in [2.24, 2.45) is 11.1 Å². The molecule has 0 aromatic heterocycles. The van der Waals surface area contributed by atoms with Crippen LogP contribution in [-0.4, -0.2) is 19.6 Å². The lowest BCUT2D eigenvalue weighted by molar-refractivity contribution is -0.129. The van der Waals surface area contributed by atoms with Gasteiger partial charge in [-0.25, -0.2) is 4.39 Å². The Balaban J connectivity index is 1.46. The van der Waals surface area contributed by atoms with Crippen molar-refractivity contribution in [3.8, 4) is 16.9 Å². The molecule has 3 aromatic rings. The van der Waals surface area contributed by atoms with Crippen molar-refractivity contribution >= 4 is 12.2 Å². The number of hydrogen-bond acceptors (Lipinski definition) is 5. The van der Waals surface area contributed by atoms with Crippen LogP contribution in [0.15, 0.2) is 60.7 Å². The third kappa shape index (κ3) is 5.24. The van der Waals surface area contributed by atoms with E-state index < -0.39 is 6.04 Å². The zero-order chi connectivity index (χ0) is 25.1. The van der Waals surface area contributed by atoms with Crippen molar-refractivity contribution in [3.63, 3.8) is 0 Å². The van der Waals surface area contributed by atoms with Gasteiger partial charge in [0.15, 0.2) is 0 Å². The van der Waals surface area contributed by atoms with E-state index in [0.29, 0.717) is 35.4 Å². The van der Waals surface area contributed by atoms with Crippen LogP contribution in [0.2, 0.25) is 0 Å². The van der Waals surface area contributed by atoms with Crippen molar-refractivity contribution in [2.75, 3.05) is 18.0 Å². The van der Waals surface area contributed by atoms with Crippen LogP contribution in [0, 0.1) is 11.2 Å². The Hall–Kier alpha value is -3.38. The molecule has 1 aliphatic carbocycles. The molecular formula is C30H33FN2O3. The van der Waals surface area contributed by atoms with Gasteiger partial charge in [0, 0.05) is 41.5 Å². The van der Waals surface area contributed by atoms with Crippen LogP contribution in [0.4, 0.5) is 10.1 Å². The molecule has 1 atom stereocenters. The molecule has 1 saturated heterocycles. The SMILES string of the molecule is CC(N)c1cccc(-c2cc(COc3ccccc3COC=O)cc(N3CCC4(CC3)CC4)c2)c1F. The first-order valence-corrected chi connectivity index (χ1v) is 12.7. The lowest BCUT2D eigenvalue weighted by Crippen LogP contribution is -2.34. The van der Waals surface area contributed by atoms with E-state index >= 15 is 4.39 Å². The number of rotatable bonds is 9. The summed E-state index contributed by atoms with van der Waals surface area (Å²) in [5, 5.41) is 0. The average molecular weight is 489 g/mol. The van der Waals surface area contributed by atoms with Crippen LogP contribution in [0.3, 0.4) is 0 Å².